The average molecular weight is 307 g/mol. The Morgan fingerprint density at radius 2 is 1.76 bits per heavy atom. The van der Waals surface area contributed by atoms with Crippen molar-refractivity contribution in [3.63, 3.8) is 0 Å². The van der Waals surface area contributed by atoms with Crippen LogP contribution >= 0.6 is 11.6 Å². The fraction of sp³-hybridized carbons (Fsp3) is 0.0625. The quantitative estimate of drug-likeness (QED) is 0.651. The van der Waals surface area contributed by atoms with E-state index in [2.05, 4.69) is 0 Å². The molecule has 21 heavy (non-hydrogen) atoms. The fourth-order valence-electron chi connectivity index (χ4n) is 2.14. The van der Waals surface area contributed by atoms with Crippen LogP contribution in [-0.2, 0) is 6.42 Å². The van der Waals surface area contributed by atoms with Gasteiger partial charge in [0.15, 0.2) is 5.76 Å². The Kier molecular flexibility index (Phi) is 3.47. The molecule has 3 rings (SSSR count). The zero-order chi connectivity index (χ0) is 15.0. The van der Waals surface area contributed by atoms with Crippen molar-refractivity contribution in [3.8, 4) is 0 Å². The minimum absolute atomic E-state index is 0.136. The van der Waals surface area contributed by atoms with Gasteiger partial charge in [-0.05, 0) is 42.0 Å². The zero-order valence-electron chi connectivity index (χ0n) is 10.7. The van der Waals surface area contributed by atoms with E-state index in [1.807, 2.05) is 0 Å². The van der Waals surface area contributed by atoms with E-state index in [0.29, 0.717) is 16.0 Å². The highest BCUT2D eigenvalue weighted by molar-refractivity contribution is 6.31. The topological polar surface area (TPSA) is 30.2 Å². The van der Waals surface area contributed by atoms with Gasteiger partial charge < -0.3 is 4.42 Å². The van der Waals surface area contributed by atoms with Gasteiger partial charge in [-0.3, -0.25) is 4.79 Å². The molecule has 0 amide bonds. The van der Waals surface area contributed by atoms with Crippen LogP contribution in [0, 0.1) is 11.6 Å². The molecule has 2 nitrogen and oxygen atoms in total. The first-order valence-corrected chi connectivity index (χ1v) is 6.56. The number of hydrogen-bond acceptors (Lipinski definition) is 2. The molecule has 0 fully saturated rings. The molecule has 0 unspecified atom stereocenters. The minimum Gasteiger partial charge on any atom is -0.453 e. The van der Waals surface area contributed by atoms with Crippen LogP contribution in [0.5, 0.6) is 0 Å². The second-order valence-electron chi connectivity index (χ2n) is 4.67. The number of Topliss-reactive ketones (excluding diaryl/α,β-unsaturated/α-hetero) is 1. The third kappa shape index (κ3) is 2.95. The smallest absolute Gasteiger partial charge is 0.202 e. The van der Waals surface area contributed by atoms with Crippen molar-refractivity contribution in [3.05, 3.63) is 70.4 Å². The highest BCUT2D eigenvalue weighted by atomic mass is 35.5. The zero-order valence-corrected chi connectivity index (χ0v) is 11.5. The summed E-state index contributed by atoms with van der Waals surface area (Å²) in [7, 11) is 0. The summed E-state index contributed by atoms with van der Waals surface area (Å²) < 4.78 is 31.6. The Bertz CT molecular complexity index is 819. The van der Waals surface area contributed by atoms with Crippen molar-refractivity contribution < 1.29 is 18.0 Å². The molecule has 1 heterocycles. The van der Waals surface area contributed by atoms with E-state index in [4.69, 9.17) is 16.0 Å². The van der Waals surface area contributed by atoms with E-state index in [-0.39, 0.29) is 23.5 Å². The van der Waals surface area contributed by atoms with Gasteiger partial charge in [-0.1, -0.05) is 11.6 Å². The molecule has 0 atom stereocenters. The summed E-state index contributed by atoms with van der Waals surface area (Å²) in [6.07, 6.45) is -0.137. The van der Waals surface area contributed by atoms with Crippen molar-refractivity contribution in [1.29, 1.82) is 0 Å². The first kappa shape index (κ1) is 13.8. The van der Waals surface area contributed by atoms with Gasteiger partial charge in [0.25, 0.3) is 0 Å². The molecule has 0 aliphatic carbocycles. The Morgan fingerprint density at radius 1 is 1.05 bits per heavy atom. The van der Waals surface area contributed by atoms with Crippen LogP contribution in [0.25, 0.3) is 11.0 Å². The molecule has 0 saturated carbocycles. The monoisotopic (exact) mass is 306 g/mol. The molecule has 5 heteroatoms. The fourth-order valence-corrected chi connectivity index (χ4v) is 2.32. The van der Waals surface area contributed by atoms with Crippen molar-refractivity contribution in [2.75, 3.05) is 0 Å². The molecule has 106 valence electrons. The molecular weight excluding hydrogens is 298 g/mol. The average Bonchev–Trinajstić information content (AvgIpc) is 2.80. The van der Waals surface area contributed by atoms with Gasteiger partial charge >= 0.3 is 0 Å². The predicted octanol–water partition coefficient (Wildman–Crippen LogP) is 4.79. The largest absolute Gasteiger partial charge is 0.453 e. The number of furan rings is 1. The molecule has 0 N–H and O–H groups in total. The molecule has 0 aliphatic heterocycles. The van der Waals surface area contributed by atoms with Crippen LogP contribution in [0.4, 0.5) is 8.78 Å². The number of carbonyl (C=O) groups is 1. The highest BCUT2D eigenvalue weighted by Gasteiger charge is 2.14. The Labute approximate surface area is 123 Å². The number of fused-ring (bicyclic) bond motifs is 1. The van der Waals surface area contributed by atoms with Crippen molar-refractivity contribution in [2.24, 2.45) is 0 Å². The Morgan fingerprint density at radius 3 is 2.48 bits per heavy atom. The number of benzene rings is 2. The SMILES string of the molecule is O=C(Cc1cc(F)cc(F)c1)c1cc2cc(Cl)ccc2o1. The lowest BCUT2D eigenvalue weighted by atomic mass is 10.1. The lowest BCUT2D eigenvalue weighted by molar-refractivity contribution is 0.0968. The molecule has 3 aromatic rings. The van der Waals surface area contributed by atoms with Crippen LogP contribution in [-0.4, -0.2) is 5.78 Å². The van der Waals surface area contributed by atoms with Gasteiger partial charge in [-0.25, -0.2) is 8.78 Å². The second-order valence-corrected chi connectivity index (χ2v) is 5.11. The predicted molar refractivity (Wildman–Crippen MR) is 75.6 cm³/mol. The maximum Gasteiger partial charge on any atom is 0.202 e. The van der Waals surface area contributed by atoms with Gasteiger partial charge in [0, 0.05) is 22.9 Å². The van der Waals surface area contributed by atoms with Crippen LogP contribution in [0.1, 0.15) is 16.1 Å². The summed E-state index contributed by atoms with van der Waals surface area (Å²) in [5, 5.41) is 1.24. The first-order chi connectivity index (χ1) is 10.0. The summed E-state index contributed by atoms with van der Waals surface area (Å²) in [6.45, 7) is 0. The number of halogens is 3. The molecule has 0 radical (unpaired) electrons. The molecule has 0 saturated heterocycles. The number of carbonyl (C=O) groups excluding carboxylic acids is 1. The summed E-state index contributed by atoms with van der Waals surface area (Å²) >= 11 is 5.86. The van der Waals surface area contributed by atoms with Gasteiger partial charge in [-0.15, -0.1) is 0 Å². The summed E-state index contributed by atoms with van der Waals surface area (Å²) in [6, 6.07) is 9.58. The van der Waals surface area contributed by atoms with Crippen molar-refractivity contribution in [2.45, 2.75) is 6.42 Å². The molecule has 0 aliphatic rings. The summed E-state index contributed by atoms with van der Waals surface area (Å²) in [4.78, 5) is 12.1. The standard InChI is InChI=1S/C16H9ClF2O2/c17-11-1-2-15-10(6-11)7-16(21-15)14(20)5-9-3-12(18)8-13(19)4-9/h1-4,6-8H,5H2. The third-order valence-electron chi connectivity index (χ3n) is 3.04. The number of rotatable bonds is 3. The molecule has 0 bridgehead atoms. The summed E-state index contributed by atoms with van der Waals surface area (Å²) in [5.41, 5.74) is 0.796. The first-order valence-electron chi connectivity index (χ1n) is 6.18. The molecular formula is C16H9ClF2O2. The lowest BCUT2D eigenvalue weighted by Gasteiger charge is -2.00. The van der Waals surface area contributed by atoms with Gasteiger partial charge in [-0.2, -0.15) is 0 Å². The van der Waals surface area contributed by atoms with Gasteiger partial charge in [0.05, 0.1) is 0 Å². The van der Waals surface area contributed by atoms with Crippen LogP contribution in [0.3, 0.4) is 0 Å². The highest BCUT2D eigenvalue weighted by Crippen LogP contribution is 2.24. The van der Waals surface area contributed by atoms with E-state index in [1.54, 1.807) is 24.3 Å². The summed E-state index contributed by atoms with van der Waals surface area (Å²) in [5.74, 6) is -1.65. The van der Waals surface area contributed by atoms with Crippen LogP contribution in [0.15, 0.2) is 46.9 Å². The van der Waals surface area contributed by atoms with Crippen LogP contribution < -0.4 is 0 Å². The lowest BCUT2D eigenvalue weighted by Crippen LogP contribution is -2.02. The van der Waals surface area contributed by atoms with E-state index >= 15 is 0 Å². The second kappa shape index (κ2) is 5.30. The Balaban J connectivity index is 1.89. The molecule has 1 aromatic heterocycles. The van der Waals surface area contributed by atoms with Crippen molar-refractivity contribution in [1.82, 2.24) is 0 Å². The van der Waals surface area contributed by atoms with E-state index < -0.39 is 11.6 Å². The maximum atomic E-state index is 13.1. The van der Waals surface area contributed by atoms with E-state index in [9.17, 15) is 13.6 Å². The van der Waals surface area contributed by atoms with Gasteiger partial charge in [0.2, 0.25) is 5.78 Å². The number of ketones is 1. The molecule has 0 spiro atoms. The third-order valence-corrected chi connectivity index (χ3v) is 3.28. The number of hydrogen-bond donors (Lipinski definition) is 0. The van der Waals surface area contributed by atoms with E-state index in [1.165, 1.54) is 0 Å². The normalized spacial score (nSPS) is 11.0. The van der Waals surface area contributed by atoms with E-state index in [0.717, 1.165) is 18.2 Å². The van der Waals surface area contributed by atoms with Crippen LogP contribution in [0.2, 0.25) is 5.02 Å². The van der Waals surface area contributed by atoms with Crippen molar-refractivity contribution >= 4 is 28.4 Å². The van der Waals surface area contributed by atoms with Gasteiger partial charge in [0.1, 0.15) is 17.2 Å². The minimum atomic E-state index is -0.714. The molecule has 2 aromatic carbocycles. The maximum absolute atomic E-state index is 13.1. The Hall–Kier alpha value is -2.20.